The molecule has 0 bridgehead atoms. The minimum Gasteiger partial charge on any atom is -0.382 e. The quantitative estimate of drug-likeness (QED) is 0.901. The van der Waals surface area contributed by atoms with Gasteiger partial charge in [-0.2, -0.15) is 0 Å². The van der Waals surface area contributed by atoms with E-state index in [0.717, 1.165) is 19.5 Å². The fraction of sp³-hybridized carbons (Fsp3) is 0.533. The van der Waals surface area contributed by atoms with Gasteiger partial charge in [-0.05, 0) is 49.2 Å². The van der Waals surface area contributed by atoms with Crippen LogP contribution in [0.3, 0.4) is 0 Å². The van der Waals surface area contributed by atoms with Gasteiger partial charge in [0.15, 0.2) is 5.17 Å². The van der Waals surface area contributed by atoms with Crippen molar-refractivity contribution in [1.29, 1.82) is 0 Å². The number of anilines is 2. The summed E-state index contributed by atoms with van der Waals surface area (Å²) in [6.45, 7) is 6.55. The number of hydrogen-bond donors (Lipinski definition) is 1. The summed E-state index contributed by atoms with van der Waals surface area (Å²) >= 11 is 1.81. The largest absolute Gasteiger partial charge is 0.382 e. The maximum Gasteiger partial charge on any atom is 0.168 e. The van der Waals surface area contributed by atoms with Crippen molar-refractivity contribution in [3.8, 4) is 0 Å². The van der Waals surface area contributed by atoms with Gasteiger partial charge in [-0.3, -0.25) is 4.99 Å². The van der Waals surface area contributed by atoms with E-state index in [1.807, 2.05) is 11.8 Å². The van der Waals surface area contributed by atoms with Crippen LogP contribution in [-0.4, -0.2) is 24.3 Å². The van der Waals surface area contributed by atoms with Gasteiger partial charge in [0, 0.05) is 29.7 Å². The summed E-state index contributed by atoms with van der Waals surface area (Å²) < 4.78 is 0. The molecule has 3 nitrogen and oxygen atoms in total. The first kappa shape index (κ1) is 12.9. The van der Waals surface area contributed by atoms with E-state index in [9.17, 15) is 0 Å². The van der Waals surface area contributed by atoms with Crippen molar-refractivity contribution in [3.63, 3.8) is 0 Å². The molecule has 1 aromatic rings. The number of fused-ring (bicyclic) bond motifs is 3. The van der Waals surface area contributed by atoms with Gasteiger partial charge in [-0.15, -0.1) is 0 Å². The molecule has 0 radical (unpaired) electrons. The summed E-state index contributed by atoms with van der Waals surface area (Å²) in [5, 5.41) is 4.81. The summed E-state index contributed by atoms with van der Waals surface area (Å²) in [5.41, 5.74) is 2.57. The van der Waals surface area contributed by atoms with Crippen LogP contribution in [-0.2, 0) is 0 Å². The number of hydrogen-bond acceptors (Lipinski definition) is 4. The van der Waals surface area contributed by atoms with Crippen LogP contribution in [0.2, 0.25) is 0 Å². The van der Waals surface area contributed by atoms with Crippen molar-refractivity contribution in [2.45, 2.75) is 44.0 Å². The maximum atomic E-state index is 4.61. The Bertz CT molecular complexity index is 494. The molecule has 0 aromatic heterocycles. The van der Waals surface area contributed by atoms with E-state index < -0.39 is 0 Å². The number of nitrogens with one attached hydrogen (secondary N) is 1. The van der Waals surface area contributed by atoms with E-state index >= 15 is 0 Å². The molecular formula is C15H21N3S. The SMILES string of the molecule is CCC(CC)Nc1ccc2c(c1)N1CCCN=C1S2. The Balaban J connectivity index is 1.85. The number of nitrogens with zero attached hydrogens (tertiary/aromatic N) is 2. The zero-order valence-corrected chi connectivity index (χ0v) is 12.5. The lowest BCUT2D eigenvalue weighted by Crippen LogP contribution is -2.30. The van der Waals surface area contributed by atoms with Crippen LogP contribution >= 0.6 is 11.8 Å². The highest BCUT2D eigenvalue weighted by Gasteiger charge is 2.28. The number of benzene rings is 1. The van der Waals surface area contributed by atoms with Crippen molar-refractivity contribution in [3.05, 3.63) is 18.2 Å². The van der Waals surface area contributed by atoms with Crippen molar-refractivity contribution < 1.29 is 0 Å². The predicted molar refractivity (Wildman–Crippen MR) is 84.6 cm³/mol. The Morgan fingerprint density at radius 3 is 3.00 bits per heavy atom. The molecule has 2 aliphatic rings. The van der Waals surface area contributed by atoms with Gasteiger partial charge in [0.2, 0.25) is 0 Å². The highest BCUT2D eigenvalue weighted by molar-refractivity contribution is 8.14. The summed E-state index contributed by atoms with van der Waals surface area (Å²) in [6, 6.07) is 7.28. The lowest BCUT2D eigenvalue weighted by Gasteiger charge is -2.23. The number of amidine groups is 1. The zero-order valence-electron chi connectivity index (χ0n) is 11.6. The smallest absolute Gasteiger partial charge is 0.168 e. The van der Waals surface area contributed by atoms with Crippen LogP contribution < -0.4 is 10.2 Å². The molecule has 0 atom stereocenters. The molecule has 3 rings (SSSR count). The second kappa shape index (κ2) is 5.45. The normalized spacial score (nSPS) is 17.2. The third-order valence-electron chi connectivity index (χ3n) is 3.83. The second-order valence-electron chi connectivity index (χ2n) is 5.11. The fourth-order valence-corrected chi connectivity index (χ4v) is 3.69. The molecular weight excluding hydrogens is 254 g/mol. The third-order valence-corrected chi connectivity index (χ3v) is 4.92. The Labute approximate surface area is 119 Å². The van der Waals surface area contributed by atoms with Gasteiger partial charge in [0.25, 0.3) is 0 Å². The lowest BCUT2D eigenvalue weighted by atomic mass is 10.1. The molecule has 0 unspecified atom stereocenters. The van der Waals surface area contributed by atoms with Gasteiger partial charge >= 0.3 is 0 Å². The van der Waals surface area contributed by atoms with Gasteiger partial charge in [0.1, 0.15) is 0 Å². The third kappa shape index (κ3) is 2.46. The highest BCUT2D eigenvalue weighted by Crippen LogP contribution is 2.42. The first-order valence-corrected chi connectivity index (χ1v) is 8.04. The molecule has 19 heavy (non-hydrogen) atoms. The molecule has 0 saturated heterocycles. The fourth-order valence-electron chi connectivity index (χ4n) is 2.63. The van der Waals surface area contributed by atoms with E-state index in [2.05, 4.69) is 47.3 Å². The van der Waals surface area contributed by atoms with E-state index in [1.165, 1.54) is 34.3 Å². The molecule has 2 heterocycles. The molecule has 0 amide bonds. The van der Waals surface area contributed by atoms with E-state index in [-0.39, 0.29) is 0 Å². The van der Waals surface area contributed by atoms with Gasteiger partial charge < -0.3 is 10.2 Å². The van der Waals surface area contributed by atoms with Crippen molar-refractivity contribution >= 4 is 28.3 Å². The van der Waals surface area contributed by atoms with Crippen molar-refractivity contribution in [1.82, 2.24) is 0 Å². The summed E-state index contributed by atoms with van der Waals surface area (Å²) in [4.78, 5) is 8.32. The van der Waals surface area contributed by atoms with Crippen molar-refractivity contribution in [2.24, 2.45) is 4.99 Å². The monoisotopic (exact) mass is 275 g/mol. The average molecular weight is 275 g/mol. The molecule has 0 saturated carbocycles. The minimum absolute atomic E-state index is 0.571. The molecule has 0 spiro atoms. The van der Waals surface area contributed by atoms with E-state index in [1.54, 1.807) is 0 Å². The number of rotatable bonds is 4. The maximum absolute atomic E-state index is 4.61. The van der Waals surface area contributed by atoms with Crippen LogP contribution in [0.4, 0.5) is 11.4 Å². The zero-order chi connectivity index (χ0) is 13.2. The molecule has 2 aliphatic heterocycles. The van der Waals surface area contributed by atoms with E-state index in [0.29, 0.717) is 6.04 Å². The first-order valence-electron chi connectivity index (χ1n) is 7.22. The molecule has 4 heteroatoms. The van der Waals surface area contributed by atoms with Crippen LogP contribution in [0.15, 0.2) is 28.1 Å². The summed E-state index contributed by atoms with van der Waals surface area (Å²) in [6.07, 6.45) is 3.49. The molecule has 1 N–H and O–H groups in total. The van der Waals surface area contributed by atoms with E-state index in [4.69, 9.17) is 0 Å². The van der Waals surface area contributed by atoms with Crippen LogP contribution in [0.25, 0.3) is 0 Å². The van der Waals surface area contributed by atoms with Gasteiger partial charge in [-0.25, -0.2) is 0 Å². The Kier molecular flexibility index (Phi) is 3.69. The topological polar surface area (TPSA) is 27.6 Å². The van der Waals surface area contributed by atoms with Gasteiger partial charge in [-0.1, -0.05) is 13.8 Å². The van der Waals surface area contributed by atoms with Crippen LogP contribution in [0.1, 0.15) is 33.1 Å². The molecule has 102 valence electrons. The summed E-state index contributed by atoms with van der Waals surface area (Å²) in [5.74, 6) is 0. The van der Waals surface area contributed by atoms with Crippen molar-refractivity contribution in [2.75, 3.05) is 23.3 Å². The summed E-state index contributed by atoms with van der Waals surface area (Å²) in [7, 11) is 0. The van der Waals surface area contributed by atoms with Crippen LogP contribution in [0.5, 0.6) is 0 Å². The molecule has 1 aromatic carbocycles. The Morgan fingerprint density at radius 1 is 1.37 bits per heavy atom. The predicted octanol–water partition coefficient (Wildman–Crippen LogP) is 3.96. The second-order valence-corrected chi connectivity index (χ2v) is 6.12. The number of thioether (sulfide) groups is 1. The molecule has 0 aliphatic carbocycles. The Hall–Kier alpha value is -1.16. The lowest BCUT2D eigenvalue weighted by molar-refractivity contribution is 0.671. The average Bonchev–Trinajstić information content (AvgIpc) is 2.82. The highest BCUT2D eigenvalue weighted by atomic mass is 32.2. The Morgan fingerprint density at radius 2 is 2.21 bits per heavy atom. The van der Waals surface area contributed by atoms with Crippen LogP contribution in [0, 0.1) is 0 Å². The molecule has 0 fully saturated rings. The van der Waals surface area contributed by atoms with Gasteiger partial charge in [0.05, 0.1) is 5.69 Å². The standard InChI is InChI=1S/C15H21N3S/c1-3-11(4-2)17-12-6-7-14-13(10-12)18-9-5-8-16-15(18)19-14/h6-7,10-11,17H,3-5,8-9H2,1-2H3. The minimum atomic E-state index is 0.571. The number of aliphatic imine (C=N–C) groups is 1. The first-order chi connectivity index (χ1) is 9.31.